The van der Waals surface area contributed by atoms with Crippen LogP contribution in [0.4, 0.5) is 0 Å². The van der Waals surface area contributed by atoms with Crippen LogP contribution < -0.4 is 11.5 Å². The predicted octanol–water partition coefficient (Wildman–Crippen LogP) is 1.69. The largest absolute Gasteiger partial charge is 0.366 e. The van der Waals surface area contributed by atoms with E-state index in [0.29, 0.717) is 15.8 Å². The van der Waals surface area contributed by atoms with Crippen LogP contribution in [0.3, 0.4) is 0 Å². The molecule has 0 aliphatic carbocycles. The van der Waals surface area contributed by atoms with Crippen molar-refractivity contribution >= 4 is 34.2 Å². The van der Waals surface area contributed by atoms with Gasteiger partial charge in [0, 0.05) is 10.4 Å². The normalized spacial score (nSPS) is 10.4. The minimum absolute atomic E-state index is 0.0428. The molecule has 4 nitrogen and oxygen atoms in total. The van der Waals surface area contributed by atoms with Gasteiger partial charge < -0.3 is 11.5 Å². The highest BCUT2D eigenvalue weighted by Crippen LogP contribution is 2.29. The first-order valence-electron chi connectivity index (χ1n) is 4.83. The fourth-order valence-electron chi connectivity index (χ4n) is 1.79. The van der Waals surface area contributed by atoms with Crippen LogP contribution in [0.1, 0.15) is 20.7 Å². The molecule has 0 saturated heterocycles. The van der Waals surface area contributed by atoms with Crippen molar-refractivity contribution in [2.45, 2.75) is 0 Å². The molecule has 0 spiro atoms. The molecule has 2 aromatic rings. The van der Waals surface area contributed by atoms with Crippen LogP contribution in [0, 0.1) is 0 Å². The molecule has 0 aliphatic heterocycles. The van der Waals surface area contributed by atoms with Crippen LogP contribution in [-0.2, 0) is 0 Å². The van der Waals surface area contributed by atoms with E-state index in [1.807, 2.05) is 0 Å². The summed E-state index contributed by atoms with van der Waals surface area (Å²) in [5.74, 6) is -1.43. The van der Waals surface area contributed by atoms with E-state index in [2.05, 4.69) is 0 Å². The SMILES string of the molecule is NC(=O)c1cc(Cl)c2ccccc2c1C(N)=O. The summed E-state index contributed by atoms with van der Waals surface area (Å²) in [5.41, 5.74) is 10.6. The lowest BCUT2D eigenvalue weighted by Gasteiger charge is -2.09. The molecule has 0 aromatic heterocycles. The van der Waals surface area contributed by atoms with E-state index in [1.54, 1.807) is 24.3 Å². The first kappa shape index (κ1) is 11.4. The molecule has 0 fully saturated rings. The van der Waals surface area contributed by atoms with Crippen LogP contribution in [0.2, 0.25) is 5.02 Å². The minimum atomic E-state index is -0.730. The summed E-state index contributed by atoms with van der Waals surface area (Å²) in [5, 5.41) is 1.55. The zero-order chi connectivity index (χ0) is 12.6. The Balaban J connectivity index is 2.98. The highest BCUT2D eigenvalue weighted by molar-refractivity contribution is 6.37. The number of rotatable bonds is 2. The molecule has 0 heterocycles. The van der Waals surface area contributed by atoms with E-state index < -0.39 is 11.8 Å². The van der Waals surface area contributed by atoms with Crippen molar-refractivity contribution in [3.8, 4) is 0 Å². The maximum Gasteiger partial charge on any atom is 0.250 e. The molecule has 17 heavy (non-hydrogen) atoms. The lowest BCUT2D eigenvalue weighted by molar-refractivity contribution is 0.0968. The Kier molecular flexibility index (Phi) is 2.73. The summed E-state index contributed by atoms with van der Waals surface area (Å²) in [4.78, 5) is 22.7. The van der Waals surface area contributed by atoms with E-state index in [-0.39, 0.29) is 11.1 Å². The van der Waals surface area contributed by atoms with Crippen molar-refractivity contribution in [3.05, 3.63) is 46.5 Å². The molecule has 0 unspecified atom stereocenters. The standard InChI is InChI=1S/C12H9ClN2O2/c13-9-5-8(11(14)16)10(12(15)17)7-4-2-1-3-6(7)9/h1-5H,(H2,14,16)(H2,15,17). The number of hydrogen-bond donors (Lipinski definition) is 2. The molecule has 0 saturated carbocycles. The van der Waals surface area contributed by atoms with Gasteiger partial charge in [0.25, 0.3) is 0 Å². The molecule has 2 amide bonds. The number of halogens is 1. The third-order valence-electron chi connectivity index (χ3n) is 2.51. The fourth-order valence-corrected chi connectivity index (χ4v) is 2.06. The number of benzene rings is 2. The third kappa shape index (κ3) is 1.83. The number of amides is 2. The van der Waals surface area contributed by atoms with E-state index in [9.17, 15) is 9.59 Å². The second kappa shape index (κ2) is 4.07. The van der Waals surface area contributed by atoms with Crippen molar-refractivity contribution in [1.82, 2.24) is 0 Å². The van der Waals surface area contributed by atoms with Crippen LogP contribution >= 0.6 is 11.6 Å². The Morgan fingerprint density at radius 1 is 1.00 bits per heavy atom. The summed E-state index contributed by atoms with van der Waals surface area (Å²) < 4.78 is 0. The van der Waals surface area contributed by atoms with Gasteiger partial charge in [0.05, 0.1) is 11.1 Å². The number of nitrogens with two attached hydrogens (primary N) is 2. The highest BCUT2D eigenvalue weighted by Gasteiger charge is 2.18. The summed E-state index contributed by atoms with van der Waals surface area (Å²) in [7, 11) is 0. The highest BCUT2D eigenvalue weighted by atomic mass is 35.5. The zero-order valence-electron chi connectivity index (χ0n) is 8.74. The summed E-state index contributed by atoms with van der Waals surface area (Å²) in [6, 6.07) is 8.30. The van der Waals surface area contributed by atoms with Crippen molar-refractivity contribution in [3.63, 3.8) is 0 Å². The second-order valence-corrected chi connectivity index (χ2v) is 3.96. The van der Waals surface area contributed by atoms with Crippen molar-refractivity contribution < 1.29 is 9.59 Å². The third-order valence-corrected chi connectivity index (χ3v) is 2.82. The Morgan fingerprint density at radius 2 is 1.59 bits per heavy atom. The first-order valence-corrected chi connectivity index (χ1v) is 5.21. The molecule has 0 atom stereocenters. The first-order chi connectivity index (χ1) is 8.02. The van der Waals surface area contributed by atoms with Gasteiger partial charge >= 0.3 is 0 Å². The number of carbonyl (C=O) groups excluding carboxylic acids is 2. The van der Waals surface area contributed by atoms with Crippen molar-refractivity contribution in [1.29, 1.82) is 0 Å². The number of carbonyl (C=O) groups is 2. The van der Waals surface area contributed by atoms with E-state index in [1.165, 1.54) is 6.07 Å². The Bertz CT molecular complexity index is 638. The molecule has 2 aromatic carbocycles. The van der Waals surface area contributed by atoms with Gasteiger partial charge in [-0.3, -0.25) is 9.59 Å². The van der Waals surface area contributed by atoms with Crippen LogP contribution in [0.25, 0.3) is 10.8 Å². The van der Waals surface area contributed by atoms with Gasteiger partial charge in [-0.05, 0) is 11.5 Å². The van der Waals surface area contributed by atoms with Gasteiger partial charge in [0.15, 0.2) is 0 Å². The van der Waals surface area contributed by atoms with Gasteiger partial charge in [-0.15, -0.1) is 0 Å². The molecule has 86 valence electrons. The summed E-state index contributed by atoms with van der Waals surface area (Å²) in [6.45, 7) is 0. The fraction of sp³-hybridized carbons (Fsp3) is 0. The quantitative estimate of drug-likeness (QED) is 0.847. The van der Waals surface area contributed by atoms with Crippen LogP contribution in [0.5, 0.6) is 0 Å². The van der Waals surface area contributed by atoms with E-state index >= 15 is 0 Å². The molecule has 0 radical (unpaired) electrons. The summed E-state index contributed by atoms with van der Waals surface area (Å²) in [6.07, 6.45) is 0. The van der Waals surface area contributed by atoms with E-state index in [0.717, 1.165) is 0 Å². The number of fused-ring (bicyclic) bond motifs is 1. The second-order valence-electron chi connectivity index (χ2n) is 3.56. The minimum Gasteiger partial charge on any atom is -0.366 e. The topological polar surface area (TPSA) is 86.2 Å². The maximum absolute atomic E-state index is 11.4. The maximum atomic E-state index is 11.4. The van der Waals surface area contributed by atoms with Gasteiger partial charge in [-0.2, -0.15) is 0 Å². The number of hydrogen-bond acceptors (Lipinski definition) is 2. The van der Waals surface area contributed by atoms with Gasteiger partial charge in [0.1, 0.15) is 0 Å². The smallest absolute Gasteiger partial charge is 0.250 e. The molecule has 2 rings (SSSR count). The average molecular weight is 249 g/mol. The van der Waals surface area contributed by atoms with Gasteiger partial charge in [-0.25, -0.2) is 0 Å². The number of primary amides is 2. The molecule has 5 heteroatoms. The summed E-state index contributed by atoms with van der Waals surface area (Å²) >= 11 is 6.02. The van der Waals surface area contributed by atoms with Gasteiger partial charge in [0.2, 0.25) is 11.8 Å². The Hall–Kier alpha value is -2.07. The van der Waals surface area contributed by atoms with Crippen LogP contribution in [-0.4, -0.2) is 11.8 Å². The van der Waals surface area contributed by atoms with Crippen molar-refractivity contribution in [2.24, 2.45) is 11.5 Å². The van der Waals surface area contributed by atoms with Crippen molar-refractivity contribution in [2.75, 3.05) is 0 Å². The predicted molar refractivity (Wildman–Crippen MR) is 66.0 cm³/mol. The monoisotopic (exact) mass is 248 g/mol. The zero-order valence-corrected chi connectivity index (χ0v) is 9.49. The molecule has 0 aliphatic rings. The van der Waals surface area contributed by atoms with Gasteiger partial charge in [-0.1, -0.05) is 35.9 Å². The average Bonchev–Trinajstić information content (AvgIpc) is 2.28. The molecule has 4 N–H and O–H groups in total. The lowest BCUT2D eigenvalue weighted by atomic mass is 9.98. The van der Waals surface area contributed by atoms with E-state index in [4.69, 9.17) is 23.1 Å². The lowest BCUT2D eigenvalue weighted by Crippen LogP contribution is -2.21. The molecular formula is C12H9ClN2O2. The Morgan fingerprint density at radius 3 is 2.12 bits per heavy atom. The molecular weight excluding hydrogens is 240 g/mol. The molecule has 0 bridgehead atoms. The van der Waals surface area contributed by atoms with Crippen LogP contribution in [0.15, 0.2) is 30.3 Å². The Labute approximate surface area is 102 Å².